The molecule has 1 N–H and O–H groups in total. The van der Waals surface area contributed by atoms with Gasteiger partial charge in [-0.25, -0.2) is 0 Å². The SMILES string of the molecule is Cc1noc(C2CCN(CC(O)CN3CC(C)OC(C)C3)CC2)n1. The number of ether oxygens (including phenoxy) is 1. The van der Waals surface area contributed by atoms with Crippen molar-refractivity contribution in [3.05, 3.63) is 11.7 Å². The van der Waals surface area contributed by atoms with Crippen molar-refractivity contribution < 1.29 is 14.4 Å². The van der Waals surface area contributed by atoms with Gasteiger partial charge < -0.3 is 19.3 Å². The van der Waals surface area contributed by atoms with E-state index in [-0.39, 0.29) is 18.3 Å². The van der Waals surface area contributed by atoms with E-state index in [0.717, 1.165) is 58.0 Å². The first kappa shape index (κ1) is 17.8. The molecule has 1 aromatic heterocycles. The summed E-state index contributed by atoms with van der Waals surface area (Å²) in [7, 11) is 0. The summed E-state index contributed by atoms with van der Waals surface area (Å²) in [4.78, 5) is 9.01. The number of aromatic nitrogens is 2. The van der Waals surface area contributed by atoms with E-state index < -0.39 is 0 Å². The van der Waals surface area contributed by atoms with Crippen molar-refractivity contribution in [2.24, 2.45) is 0 Å². The number of likely N-dealkylation sites (tertiary alicyclic amines) is 1. The molecule has 0 spiro atoms. The first-order valence-electron chi connectivity index (χ1n) is 9.08. The molecule has 3 unspecified atom stereocenters. The number of hydrogen-bond acceptors (Lipinski definition) is 7. The summed E-state index contributed by atoms with van der Waals surface area (Å²) in [6.45, 7) is 11.2. The zero-order valence-electron chi connectivity index (χ0n) is 15.0. The molecule has 2 fully saturated rings. The van der Waals surface area contributed by atoms with E-state index in [1.807, 2.05) is 6.92 Å². The smallest absolute Gasteiger partial charge is 0.229 e. The largest absolute Gasteiger partial charge is 0.390 e. The fourth-order valence-corrected chi connectivity index (χ4v) is 3.93. The van der Waals surface area contributed by atoms with E-state index in [9.17, 15) is 5.11 Å². The lowest BCUT2D eigenvalue weighted by molar-refractivity contribution is -0.0782. The number of nitrogens with zero attached hydrogens (tertiary/aromatic N) is 4. The van der Waals surface area contributed by atoms with E-state index in [1.54, 1.807) is 0 Å². The third-order valence-corrected chi connectivity index (χ3v) is 4.91. The van der Waals surface area contributed by atoms with Crippen molar-refractivity contribution in [2.75, 3.05) is 39.3 Å². The summed E-state index contributed by atoms with van der Waals surface area (Å²) in [5, 5.41) is 14.3. The molecule has 1 aromatic rings. The molecule has 0 radical (unpaired) electrons. The summed E-state index contributed by atoms with van der Waals surface area (Å²) >= 11 is 0. The number of hydrogen-bond donors (Lipinski definition) is 1. The molecule has 2 aliphatic rings. The fourth-order valence-electron chi connectivity index (χ4n) is 3.93. The molecule has 3 heterocycles. The van der Waals surface area contributed by atoms with Gasteiger partial charge in [-0.1, -0.05) is 5.16 Å². The van der Waals surface area contributed by atoms with Gasteiger partial charge >= 0.3 is 0 Å². The lowest BCUT2D eigenvalue weighted by Crippen LogP contribution is -2.50. The Kier molecular flexibility index (Phi) is 5.86. The van der Waals surface area contributed by atoms with Gasteiger partial charge in [0.2, 0.25) is 5.89 Å². The summed E-state index contributed by atoms with van der Waals surface area (Å²) in [6.07, 6.45) is 2.20. The van der Waals surface area contributed by atoms with Crippen molar-refractivity contribution >= 4 is 0 Å². The summed E-state index contributed by atoms with van der Waals surface area (Å²) in [5.41, 5.74) is 0. The maximum Gasteiger partial charge on any atom is 0.229 e. The molecule has 7 nitrogen and oxygen atoms in total. The Labute approximate surface area is 144 Å². The Balaban J connectivity index is 1.40. The summed E-state index contributed by atoms with van der Waals surface area (Å²) in [6, 6.07) is 0. The zero-order chi connectivity index (χ0) is 17.1. The lowest BCUT2D eigenvalue weighted by Gasteiger charge is -2.37. The molecule has 2 aliphatic heterocycles. The maximum absolute atomic E-state index is 10.4. The molecule has 3 rings (SSSR count). The second-order valence-electron chi connectivity index (χ2n) is 7.38. The first-order valence-corrected chi connectivity index (χ1v) is 9.08. The van der Waals surface area contributed by atoms with Gasteiger partial charge in [0.15, 0.2) is 5.82 Å². The highest BCUT2D eigenvalue weighted by atomic mass is 16.5. The number of morpholine rings is 1. The molecule has 0 bridgehead atoms. The molecule has 0 aromatic carbocycles. The Morgan fingerprint density at radius 1 is 1.12 bits per heavy atom. The number of piperidine rings is 1. The van der Waals surface area contributed by atoms with Gasteiger partial charge in [-0.15, -0.1) is 0 Å². The van der Waals surface area contributed by atoms with Gasteiger partial charge in [-0.2, -0.15) is 4.98 Å². The Morgan fingerprint density at radius 3 is 2.33 bits per heavy atom. The van der Waals surface area contributed by atoms with Crippen molar-refractivity contribution in [3.8, 4) is 0 Å². The van der Waals surface area contributed by atoms with Crippen LogP contribution in [-0.4, -0.2) is 82.6 Å². The molecular weight excluding hydrogens is 308 g/mol. The third-order valence-electron chi connectivity index (χ3n) is 4.91. The minimum Gasteiger partial charge on any atom is -0.390 e. The van der Waals surface area contributed by atoms with Crippen LogP contribution in [0.3, 0.4) is 0 Å². The maximum atomic E-state index is 10.4. The lowest BCUT2D eigenvalue weighted by atomic mass is 9.96. The predicted octanol–water partition coefficient (Wildman–Crippen LogP) is 1.03. The van der Waals surface area contributed by atoms with Crippen LogP contribution in [0.1, 0.15) is 44.3 Å². The number of aliphatic hydroxyl groups is 1. The standard InChI is InChI=1S/C17H30N4O3/c1-12-8-21(9-13(2)23-12)11-16(22)10-20-6-4-15(5-7-20)17-18-14(3)19-24-17/h12-13,15-16,22H,4-11H2,1-3H3. The molecule has 136 valence electrons. The van der Waals surface area contributed by atoms with Gasteiger partial charge in [0.05, 0.1) is 18.3 Å². The highest BCUT2D eigenvalue weighted by Crippen LogP contribution is 2.26. The van der Waals surface area contributed by atoms with E-state index in [4.69, 9.17) is 9.26 Å². The van der Waals surface area contributed by atoms with Crippen LogP contribution in [0.4, 0.5) is 0 Å². The molecule has 2 saturated heterocycles. The molecule has 7 heteroatoms. The summed E-state index contributed by atoms with van der Waals surface area (Å²) in [5.74, 6) is 1.83. The van der Waals surface area contributed by atoms with E-state index in [1.165, 1.54) is 0 Å². The third kappa shape index (κ3) is 4.75. The van der Waals surface area contributed by atoms with E-state index in [0.29, 0.717) is 11.7 Å². The normalized spacial score (nSPS) is 29.0. The Bertz CT molecular complexity index is 506. The average molecular weight is 338 g/mol. The molecular formula is C17H30N4O3. The van der Waals surface area contributed by atoms with Crippen molar-refractivity contribution in [1.82, 2.24) is 19.9 Å². The topological polar surface area (TPSA) is 74.9 Å². The van der Waals surface area contributed by atoms with Crippen LogP contribution >= 0.6 is 0 Å². The van der Waals surface area contributed by atoms with Crippen molar-refractivity contribution in [1.29, 1.82) is 0 Å². The van der Waals surface area contributed by atoms with Crippen molar-refractivity contribution in [3.63, 3.8) is 0 Å². The van der Waals surface area contributed by atoms with E-state index >= 15 is 0 Å². The van der Waals surface area contributed by atoms with Crippen LogP contribution in [0.5, 0.6) is 0 Å². The Hall–Kier alpha value is -1.02. The van der Waals surface area contributed by atoms with Gasteiger partial charge in [0.1, 0.15) is 0 Å². The number of β-amino-alcohol motifs (C(OH)–C–C–N with tert-alkyl or cyclic N) is 1. The fraction of sp³-hybridized carbons (Fsp3) is 0.882. The predicted molar refractivity (Wildman–Crippen MR) is 89.9 cm³/mol. The minimum atomic E-state index is -0.315. The highest BCUT2D eigenvalue weighted by Gasteiger charge is 2.28. The van der Waals surface area contributed by atoms with Gasteiger partial charge in [0, 0.05) is 32.1 Å². The summed E-state index contributed by atoms with van der Waals surface area (Å²) < 4.78 is 11.0. The second-order valence-corrected chi connectivity index (χ2v) is 7.38. The van der Waals surface area contributed by atoms with Crippen LogP contribution < -0.4 is 0 Å². The van der Waals surface area contributed by atoms with E-state index in [2.05, 4.69) is 33.8 Å². The number of aliphatic hydroxyl groups excluding tert-OH is 1. The van der Waals surface area contributed by atoms with Gasteiger partial charge in [0.25, 0.3) is 0 Å². The Morgan fingerprint density at radius 2 is 1.75 bits per heavy atom. The molecule has 0 saturated carbocycles. The average Bonchev–Trinajstić information content (AvgIpc) is 2.93. The van der Waals surface area contributed by atoms with Crippen LogP contribution in [0.25, 0.3) is 0 Å². The molecule has 24 heavy (non-hydrogen) atoms. The van der Waals surface area contributed by atoms with Crippen LogP contribution in [-0.2, 0) is 4.74 Å². The molecule has 0 amide bonds. The van der Waals surface area contributed by atoms with Crippen LogP contribution in [0.2, 0.25) is 0 Å². The monoisotopic (exact) mass is 338 g/mol. The minimum absolute atomic E-state index is 0.245. The number of aryl methyl sites for hydroxylation is 1. The second kappa shape index (κ2) is 7.91. The quantitative estimate of drug-likeness (QED) is 0.859. The molecule has 3 atom stereocenters. The van der Waals surface area contributed by atoms with Gasteiger partial charge in [-0.05, 0) is 46.7 Å². The first-order chi connectivity index (χ1) is 11.5. The molecule has 0 aliphatic carbocycles. The van der Waals surface area contributed by atoms with Crippen LogP contribution in [0, 0.1) is 6.92 Å². The number of rotatable bonds is 5. The van der Waals surface area contributed by atoms with Gasteiger partial charge in [-0.3, -0.25) is 4.90 Å². The van der Waals surface area contributed by atoms with Crippen molar-refractivity contribution in [2.45, 2.75) is 57.8 Å². The van der Waals surface area contributed by atoms with Crippen LogP contribution in [0.15, 0.2) is 4.52 Å². The highest BCUT2D eigenvalue weighted by molar-refractivity contribution is 4.95. The zero-order valence-corrected chi connectivity index (χ0v) is 15.0.